The third kappa shape index (κ3) is 4.82. The lowest BCUT2D eigenvalue weighted by Crippen LogP contribution is -2.39. The van der Waals surface area contributed by atoms with Crippen LogP contribution in [0.15, 0.2) is 4.99 Å². The van der Waals surface area contributed by atoms with Gasteiger partial charge in [-0.1, -0.05) is 6.92 Å². The van der Waals surface area contributed by atoms with Gasteiger partial charge in [-0.3, -0.25) is 4.99 Å². The second-order valence-electron chi connectivity index (χ2n) is 4.90. The Morgan fingerprint density at radius 2 is 2.22 bits per heavy atom. The van der Waals surface area contributed by atoms with Crippen LogP contribution in [0.25, 0.3) is 0 Å². The highest BCUT2D eigenvalue weighted by molar-refractivity contribution is 5.79. The lowest BCUT2D eigenvalue weighted by molar-refractivity contribution is 0.131. The fraction of sp³-hybridized carbons (Fsp3) is 0.923. The molecule has 0 saturated carbocycles. The van der Waals surface area contributed by atoms with Crippen LogP contribution in [0.5, 0.6) is 0 Å². The molecule has 5 nitrogen and oxygen atoms in total. The molecule has 1 fully saturated rings. The molecule has 1 aliphatic rings. The van der Waals surface area contributed by atoms with Gasteiger partial charge in [-0.25, -0.2) is 0 Å². The first-order chi connectivity index (χ1) is 8.76. The Balaban J connectivity index is 2.54. The van der Waals surface area contributed by atoms with E-state index in [1.165, 1.54) is 0 Å². The minimum atomic E-state index is 0.0311. The molecule has 0 amide bonds. The number of aliphatic hydroxyl groups is 1. The fourth-order valence-corrected chi connectivity index (χ4v) is 2.12. The molecule has 5 heteroatoms. The van der Waals surface area contributed by atoms with Crippen LogP contribution in [0.3, 0.4) is 0 Å². The number of aliphatic imine (C=N–C) groups is 1. The Hall–Kier alpha value is -0.810. The normalized spacial score (nSPS) is 24.3. The molecule has 0 bridgehead atoms. The SMILES string of the molecule is CCCNC(=NCC1(CCO)CCOC1)NCC. The maximum atomic E-state index is 9.17. The van der Waals surface area contributed by atoms with Crippen LogP contribution in [0, 0.1) is 5.41 Å². The van der Waals surface area contributed by atoms with Crippen molar-refractivity contribution in [3.63, 3.8) is 0 Å². The molecule has 1 aliphatic heterocycles. The summed E-state index contributed by atoms with van der Waals surface area (Å²) >= 11 is 0. The summed E-state index contributed by atoms with van der Waals surface area (Å²) in [6.45, 7) is 8.40. The van der Waals surface area contributed by atoms with E-state index in [9.17, 15) is 0 Å². The van der Waals surface area contributed by atoms with E-state index in [0.29, 0.717) is 13.2 Å². The molecule has 1 rings (SSSR count). The van der Waals surface area contributed by atoms with Crippen molar-refractivity contribution in [2.45, 2.75) is 33.1 Å². The number of hydrogen-bond acceptors (Lipinski definition) is 3. The van der Waals surface area contributed by atoms with Gasteiger partial charge in [-0.05, 0) is 26.2 Å². The van der Waals surface area contributed by atoms with Gasteiger partial charge < -0.3 is 20.5 Å². The molecule has 0 aromatic rings. The highest BCUT2D eigenvalue weighted by Gasteiger charge is 2.34. The Kier molecular flexibility index (Phi) is 7.05. The predicted molar refractivity (Wildman–Crippen MR) is 73.8 cm³/mol. The molecule has 3 N–H and O–H groups in total. The van der Waals surface area contributed by atoms with Gasteiger partial charge in [0.15, 0.2) is 5.96 Å². The van der Waals surface area contributed by atoms with Crippen LogP contribution < -0.4 is 10.6 Å². The molecule has 1 saturated heterocycles. The van der Waals surface area contributed by atoms with E-state index in [2.05, 4.69) is 29.5 Å². The zero-order valence-corrected chi connectivity index (χ0v) is 11.7. The number of nitrogens with zero attached hydrogens (tertiary/aromatic N) is 1. The standard InChI is InChI=1S/C13H27N3O2/c1-3-7-15-12(14-4-2)16-10-13(5-8-17)6-9-18-11-13/h17H,3-11H2,1-2H3,(H2,14,15,16). The van der Waals surface area contributed by atoms with Crippen LogP contribution in [-0.4, -0.2) is 50.5 Å². The number of ether oxygens (including phenoxy) is 1. The molecular weight excluding hydrogens is 230 g/mol. The number of hydrogen-bond donors (Lipinski definition) is 3. The summed E-state index contributed by atoms with van der Waals surface area (Å²) in [5, 5.41) is 15.7. The third-order valence-electron chi connectivity index (χ3n) is 3.29. The van der Waals surface area contributed by atoms with E-state index < -0.39 is 0 Å². The molecule has 18 heavy (non-hydrogen) atoms. The van der Waals surface area contributed by atoms with Crippen molar-refractivity contribution in [3.05, 3.63) is 0 Å². The molecule has 1 atom stereocenters. The van der Waals surface area contributed by atoms with Gasteiger partial charge in [0.2, 0.25) is 0 Å². The van der Waals surface area contributed by atoms with Crippen molar-refractivity contribution in [2.24, 2.45) is 10.4 Å². The largest absolute Gasteiger partial charge is 0.396 e. The molecule has 0 aromatic heterocycles. The van der Waals surface area contributed by atoms with Gasteiger partial charge >= 0.3 is 0 Å². The van der Waals surface area contributed by atoms with Crippen molar-refractivity contribution in [1.29, 1.82) is 0 Å². The summed E-state index contributed by atoms with van der Waals surface area (Å²) in [5.41, 5.74) is 0.0311. The number of guanidine groups is 1. The summed E-state index contributed by atoms with van der Waals surface area (Å²) in [5.74, 6) is 0.864. The summed E-state index contributed by atoms with van der Waals surface area (Å²) in [4.78, 5) is 4.63. The highest BCUT2D eigenvalue weighted by Crippen LogP contribution is 2.32. The maximum absolute atomic E-state index is 9.17. The van der Waals surface area contributed by atoms with Crippen molar-refractivity contribution in [2.75, 3.05) is 39.5 Å². The second-order valence-corrected chi connectivity index (χ2v) is 4.90. The van der Waals surface area contributed by atoms with E-state index >= 15 is 0 Å². The Morgan fingerprint density at radius 1 is 1.39 bits per heavy atom. The quantitative estimate of drug-likeness (QED) is 0.465. The lowest BCUT2D eigenvalue weighted by atomic mass is 9.84. The van der Waals surface area contributed by atoms with Gasteiger partial charge in [0.25, 0.3) is 0 Å². The summed E-state index contributed by atoms with van der Waals surface area (Å²) in [7, 11) is 0. The molecule has 0 aromatic carbocycles. The molecule has 1 heterocycles. The minimum absolute atomic E-state index is 0.0311. The Bertz CT molecular complexity index is 251. The van der Waals surface area contributed by atoms with E-state index in [-0.39, 0.29) is 12.0 Å². The van der Waals surface area contributed by atoms with Gasteiger partial charge in [0.05, 0.1) is 13.2 Å². The van der Waals surface area contributed by atoms with E-state index in [4.69, 9.17) is 9.84 Å². The Morgan fingerprint density at radius 3 is 2.78 bits per heavy atom. The molecule has 1 unspecified atom stereocenters. The minimum Gasteiger partial charge on any atom is -0.396 e. The molecule has 106 valence electrons. The van der Waals surface area contributed by atoms with Gasteiger partial charge in [-0.2, -0.15) is 0 Å². The van der Waals surface area contributed by atoms with Crippen LogP contribution in [0.4, 0.5) is 0 Å². The molecule has 0 spiro atoms. The first-order valence-corrected chi connectivity index (χ1v) is 6.97. The number of aliphatic hydroxyl groups excluding tert-OH is 1. The summed E-state index contributed by atoms with van der Waals surface area (Å²) in [6, 6.07) is 0. The third-order valence-corrected chi connectivity index (χ3v) is 3.29. The average molecular weight is 257 g/mol. The van der Waals surface area contributed by atoms with Crippen molar-refractivity contribution in [3.8, 4) is 0 Å². The lowest BCUT2D eigenvalue weighted by Gasteiger charge is -2.24. The summed E-state index contributed by atoms with van der Waals surface area (Å²) < 4.78 is 5.47. The van der Waals surface area contributed by atoms with Gasteiger partial charge in [0.1, 0.15) is 0 Å². The van der Waals surface area contributed by atoms with Crippen molar-refractivity contribution < 1.29 is 9.84 Å². The number of nitrogens with one attached hydrogen (secondary N) is 2. The molecule has 0 aliphatic carbocycles. The maximum Gasteiger partial charge on any atom is 0.191 e. The monoisotopic (exact) mass is 257 g/mol. The zero-order chi connectivity index (χ0) is 13.3. The summed E-state index contributed by atoms with van der Waals surface area (Å²) in [6.07, 6.45) is 2.84. The van der Waals surface area contributed by atoms with E-state index in [1.54, 1.807) is 0 Å². The first-order valence-electron chi connectivity index (χ1n) is 6.97. The zero-order valence-electron chi connectivity index (χ0n) is 11.7. The van der Waals surface area contributed by atoms with Crippen LogP contribution in [0.1, 0.15) is 33.1 Å². The topological polar surface area (TPSA) is 65.9 Å². The highest BCUT2D eigenvalue weighted by atomic mass is 16.5. The average Bonchev–Trinajstić information content (AvgIpc) is 2.82. The van der Waals surface area contributed by atoms with Crippen molar-refractivity contribution in [1.82, 2.24) is 10.6 Å². The van der Waals surface area contributed by atoms with Crippen LogP contribution >= 0.6 is 0 Å². The van der Waals surface area contributed by atoms with Crippen molar-refractivity contribution >= 4 is 5.96 Å². The first kappa shape index (κ1) is 15.2. The Labute approximate surface area is 110 Å². The van der Waals surface area contributed by atoms with Crippen LogP contribution in [0.2, 0.25) is 0 Å². The molecule has 0 radical (unpaired) electrons. The van der Waals surface area contributed by atoms with E-state index in [0.717, 1.165) is 44.9 Å². The van der Waals surface area contributed by atoms with E-state index in [1.807, 2.05) is 0 Å². The van der Waals surface area contributed by atoms with Crippen LogP contribution in [-0.2, 0) is 4.74 Å². The molecular formula is C13H27N3O2. The fourth-order valence-electron chi connectivity index (χ4n) is 2.12. The predicted octanol–water partition coefficient (Wildman–Crippen LogP) is 0.741. The number of rotatable bonds is 7. The van der Waals surface area contributed by atoms with Gasteiger partial charge in [-0.15, -0.1) is 0 Å². The smallest absolute Gasteiger partial charge is 0.191 e. The van der Waals surface area contributed by atoms with Gasteiger partial charge in [0, 0.05) is 31.7 Å². The second kappa shape index (κ2) is 8.32.